The lowest BCUT2D eigenvalue weighted by Gasteiger charge is -2.10. The van der Waals surface area contributed by atoms with Gasteiger partial charge in [0.1, 0.15) is 5.69 Å². The molecule has 0 unspecified atom stereocenters. The number of aromatic nitrogens is 1. The highest BCUT2D eigenvalue weighted by Crippen LogP contribution is 2.04. The second-order valence-electron chi connectivity index (χ2n) is 4.80. The molecule has 7 nitrogen and oxygen atoms in total. The quantitative estimate of drug-likeness (QED) is 0.243. The zero-order chi connectivity index (χ0) is 15.0. The number of nitrogens with zero attached hydrogens (tertiary/aromatic N) is 2. The lowest BCUT2D eigenvalue weighted by Crippen LogP contribution is -2.35. The highest BCUT2D eigenvalue weighted by molar-refractivity contribution is 5.96. The predicted octanol–water partition coefficient (Wildman–Crippen LogP) is 0.0379. The van der Waals surface area contributed by atoms with Crippen molar-refractivity contribution in [2.45, 2.75) is 20.4 Å². The van der Waals surface area contributed by atoms with Gasteiger partial charge in [-0.25, -0.2) is 0 Å². The summed E-state index contributed by atoms with van der Waals surface area (Å²) in [5.41, 5.74) is 6.71. The summed E-state index contributed by atoms with van der Waals surface area (Å²) in [5, 5.41) is 17.4. The highest BCUT2D eigenvalue weighted by atomic mass is 16.4. The maximum atomic E-state index is 11.5. The Kier molecular flexibility index (Phi) is 6.45. The number of hydrogen-bond donors (Lipinski definition) is 4. The van der Waals surface area contributed by atoms with Crippen LogP contribution in [0.25, 0.3) is 0 Å². The van der Waals surface area contributed by atoms with E-state index >= 15 is 0 Å². The summed E-state index contributed by atoms with van der Waals surface area (Å²) in [5.74, 6) is 0.309. The molecule has 1 aromatic rings. The molecule has 0 atom stereocenters. The maximum Gasteiger partial charge on any atom is 0.233 e. The van der Waals surface area contributed by atoms with Crippen LogP contribution >= 0.6 is 0 Å². The van der Waals surface area contributed by atoms with Crippen LogP contribution in [0.15, 0.2) is 23.5 Å². The first-order chi connectivity index (χ1) is 9.54. The SMILES string of the molecule is CC(C)CNC(=O)CNCc1cccnc1/C(N)=N/O. The Balaban J connectivity index is 2.48. The van der Waals surface area contributed by atoms with Crippen molar-refractivity contribution in [3.8, 4) is 0 Å². The number of nitrogens with one attached hydrogen (secondary N) is 2. The molecule has 1 heterocycles. The van der Waals surface area contributed by atoms with E-state index in [-0.39, 0.29) is 18.3 Å². The number of amidine groups is 1. The van der Waals surface area contributed by atoms with Gasteiger partial charge in [0.2, 0.25) is 5.91 Å². The van der Waals surface area contributed by atoms with Crippen LogP contribution in [-0.2, 0) is 11.3 Å². The van der Waals surface area contributed by atoms with Crippen molar-refractivity contribution in [2.75, 3.05) is 13.1 Å². The second kappa shape index (κ2) is 8.11. The summed E-state index contributed by atoms with van der Waals surface area (Å²) >= 11 is 0. The van der Waals surface area contributed by atoms with Crippen molar-refractivity contribution in [1.29, 1.82) is 0 Å². The monoisotopic (exact) mass is 279 g/mol. The smallest absolute Gasteiger partial charge is 0.233 e. The number of carbonyl (C=O) groups excluding carboxylic acids is 1. The fraction of sp³-hybridized carbons (Fsp3) is 0.462. The summed E-state index contributed by atoms with van der Waals surface area (Å²) in [6.07, 6.45) is 1.56. The van der Waals surface area contributed by atoms with Crippen LogP contribution in [0.2, 0.25) is 0 Å². The van der Waals surface area contributed by atoms with E-state index in [0.717, 1.165) is 5.56 Å². The molecule has 1 rings (SSSR count). The Morgan fingerprint density at radius 2 is 2.30 bits per heavy atom. The summed E-state index contributed by atoms with van der Waals surface area (Å²) in [6, 6.07) is 3.56. The van der Waals surface area contributed by atoms with Crippen molar-refractivity contribution in [3.63, 3.8) is 0 Å². The number of rotatable bonds is 7. The van der Waals surface area contributed by atoms with Gasteiger partial charge >= 0.3 is 0 Å². The number of carbonyl (C=O) groups is 1. The lowest BCUT2D eigenvalue weighted by atomic mass is 10.2. The molecule has 0 spiro atoms. The van der Waals surface area contributed by atoms with Crippen molar-refractivity contribution < 1.29 is 10.0 Å². The van der Waals surface area contributed by atoms with E-state index in [1.807, 2.05) is 13.8 Å². The normalized spacial score (nSPS) is 11.7. The molecule has 5 N–H and O–H groups in total. The third-order valence-corrected chi connectivity index (χ3v) is 2.55. The number of oxime groups is 1. The van der Waals surface area contributed by atoms with Crippen LogP contribution in [-0.4, -0.2) is 35.0 Å². The van der Waals surface area contributed by atoms with Crippen LogP contribution in [0, 0.1) is 5.92 Å². The molecule has 1 aromatic heterocycles. The molecule has 0 aliphatic rings. The molecule has 0 bridgehead atoms. The van der Waals surface area contributed by atoms with Gasteiger partial charge in [0.05, 0.1) is 6.54 Å². The first kappa shape index (κ1) is 15.9. The van der Waals surface area contributed by atoms with E-state index in [0.29, 0.717) is 24.7 Å². The van der Waals surface area contributed by atoms with Gasteiger partial charge in [0.15, 0.2) is 5.84 Å². The Hall–Kier alpha value is -2.15. The minimum absolute atomic E-state index is 0.0494. The average molecular weight is 279 g/mol. The van der Waals surface area contributed by atoms with Crippen LogP contribution < -0.4 is 16.4 Å². The molecule has 7 heteroatoms. The number of amides is 1. The molecule has 0 aliphatic carbocycles. The van der Waals surface area contributed by atoms with Crippen molar-refractivity contribution in [3.05, 3.63) is 29.6 Å². The molecular weight excluding hydrogens is 258 g/mol. The number of nitrogens with two attached hydrogens (primary N) is 1. The van der Waals surface area contributed by atoms with E-state index in [1.54, 1.807) is 18.3 Å². The number of hydrogen-bond acceptors (Lipinski definition) is 5. The van der Waals surface area contributed by atoms with E-state index < -0.39 is 0 Å². The molecule has 0 saturated carbocycles. The van der Waals surface area contributed by atoms with Crippen LogP contribution in [0.4, 0.5) is 0 Å². The van der Waals surface area contributed by atoms with E-state index in [4.69, 9.17) is 10.9 Å². The fourth-order valence-electron chi connectivity index (χ4n) is 1.55. The Morgan fingerprint density at radius 3 is 2.95 bits per heavy atom. The second-order valence-corrected chi connectivity index (χ2v) is 4.80. The van der Waals surface area contributed by atoms with Gasteiger partial charge in [0, 0.05) is 19.3 Å². The van der Waals surface area contributed by atoms with Crippen LogP contribution in [0.5, 0.6) is 0 Å². The largest absolute Gasteiger partial charge is 0.409 e. The molecular formula is C13H21N5O2. The molecule has 110 valence electrons. The van der Waals surface area contributed by atoms with E-state index in [9.17, 15) is 4.79 Å². The third kappa shape index (κ3) is 5.23. The molecule has 1 amide bonds. The summed E-state index contributed by atoms with van der Waals surface area (Å²) in [6.45, 7) is 5.34. The minimum Gasteiger partial charge on any atom is -0.409 e. The number of pyridine rings is 1. The van der Waals surface area contributed by atoms with Gasteiger partial charge < -0.3 is 21.6 Å². The first-order valence-electron chi connectivity index (χ1n) is 6.43. The van der Waals surface area contributed by atoms with Crippen LogP contribution in [0.1, 0.15) is 25.1 Å². The Morgan fingerprint density at radius 1 is 1.55 bits per heavy atom. The Labute approximate surface area is 118 Å². The average Bonchev–Trinajstić information content (AvgIpc) is 2.45. The molecule has 0 aromatic carbocycles. The van der Waals surface area contributed by atoms with Gasteiger partial charge in [-0.3, -0.25) is 9.78 Å². The third-order valence-electron chi connectivity index (χ3n) is 2.55. The highest BCUT2D eigenvalue weighted by Gasteiger charge is 2.08. The summed E-state index contributed by atoms with van der Waals surface area (Å²) < 4.78 is 0. The molecule has 20 heavy (non-hydrogen) atoms. The molecule has 0 fully saturated rings. The zero-order valence-corrected chi connectivity index (χ0v) is 11.8. The van der Waals surface area contributed by atoms with Crippen LogP contribution in [0.3, 0.4) is 0 Å². The predicted molar refractivity (Wildman–Crippen MR) is 76.3 cm³/mol. The van der Waals surface area contributed by atoms with Gasteiger partial charge in [0.25, 0.3) is 0 Å². The van der Waals surface area contributed by atoms with E-state index in [2.05, 4.69) is 20.8 Å². The van der Waals surface area contributed by atoms with Gasteiger partial charge in [-0.1, -0.05) is 25.1 Å². The fourth-order valence-corrected chi connectivity index (χ4v) is 1.55. The van der Waals surface area contributed by atoms with Gasteiger partial charge in [-0.05, 0) is 17.5 Å². The summed E-state index contributed by atoms with van der Waals surface area (Å²) in [7, 11) is 0. The first-order valence-corrected chi connectivity index (χ1v) is 6.43. The van der Waals surface area contributed by atoms with E-state index in [1.165, 1.54) is 0 Å². The van der Waals surface area contributed by atoms with Crippen molar-refractivity contribution >= 4 is 11.7 Å². The molecule has 0 saturated heterocycles. The van der Waals surface area contributed by atoms with Crippen molar-refractivity contribution in [2.24, 2.45) is 16.8 Å². The Bertz CT molecular complexity index is 474. The maximum absolute atomic E-state index is 11.5. The zero-order valence-electron chi connectivity index (χ0n) is 11.8. The van der Waals surface area contributed by atoms with Gasteiger partial charge in [-0.15, -0.1) is 0 Å². The standard InChI is InChI=1S/C13H21N5O2/c1-9(2)6-17-11(19)8-15-7-10-4-3-5-16-12(10)13(14)18-20/h3-5,9,15,20H,6-8H2,1-2H3,(H2,14,18)(H,17,19). The molecule has 0 aliphatic heterocycles. The minimum atomic E-state index is -0.0621. The molecule has 0 radical (unpaired) electrons. The topological polar surface area (TPSA) is 113 Å². The lowest BCUT2D eigenvalue weighted by molar-refractivity contribution is -0.120. The van der Waals surface area contributed by atoms with Crippen molar-refractivity contribution in [1.82, 2.24) is 15.6 Å². The summed E-state index contributed by atoms with van der Waals surface area (Å²) in [4.78, 5) is 15.6. The van der Waals surface area contributed by atoms with Gasteiger partial charge in [-0.2, -0.15) is 0 Å².